The average molecular weight is 380 g/mol. The molecule has 0 radical (unpaired) electrons. The lowest BCUT2D eigenvalue weighted by Crippen LogP contribution is -2.39. The molecule has 0 N–H and O–H groups in total. The Kier molecular flexibility index (Phi) is 5.27. The third-order valence-corrected chi connectivity index (χ3v) is 4.71. The fourth-order valence-corrected chi connectivity index (χ4v) is 3.40. The monoisotopic (exact) mass is 379 g/mol. The van der Waals surface area contributed by atoms with E-state index in [9.17, 15) is 14.0 Å². The predicted octanol–water partition coefficient (Wildman–Crippen LogP) is 3.14. The van der Waals surface area contributed by atoms with Crippen LogP contribution >= 0.6 is 11.6 Å². The van der Waals surface area contributed by atoms with E-state index in [4.69, 9.17) is 16.3 Å². The number of nitrogens with zero attached hydrogens (tertiary/aromatic N) is 3. The van der Waals surface area contributed by atoms with Crippen LogP contribution in [0.3, 0.4) is 0 Å². The van der Waals surface area contributed by atoms with Crippen LogP contribution in [-0.2, 0) is 13.1 Å². The molecule has 0 amide bonds. The summed E-state index contributed by atoms with van der Waals surface area (Å²) in [6, 6.07) is 3.36. The summed E-state index contributed by atoms with van der Waals surface area (Å²) in [5.74, 6) is 0.383. The first-order valence-electron chi connectivity index (χ1n) is 8.39. The van der Waals surface area contributed by atoms with Crippen molar-refractivity contribution in [1.29, 1.82) is 0 Å². The Morgan fingerprint density at radius 1 is 1.19 bits per heavy atom. The number of aromatic nitrogens is 3. The summed E-state index contributed by atoms with van der Waals surface area (Å²) < 4.78 is 20.6. The molecule has 3 aromatic rings. The zero-order valence-electron chi connectivity index (χ0n) is 14.6. The number of methoxy groups -OCH3 is 1. The zero-order valence-corrected chi connectivity index (χ0v) is 15.3. The Balaban J connectivity index is 2.47. The number of benzene rings is 1. The molecule has 0 fully saturated rings. The normalized spacial score (nSPS) is 11.4. The van der Waals surface area contributed by atoms with E-state index in [1.165, 1.54) is 22.4 Å². The van der Waals surface area contributed by atoms with Crippen LogP contribution < -0.4 is 16.0 Å². The van der Waals surface area contributed by atoms with Crippen molar-refractivity contribution in [3.8, 4) is 5.75 Å². The largest absolute Gasteiger partial charge is 0.493 e. The summed E-state index contributed by atoms with van der Waals surface area (Å²) in [5, 5.41) is 1.32. The molecule has 6 nitrogen and oxygen atoms in total. The van der Waals surface area contributed by atoms with Crippen LogP contribution in [0.15, 0.2) is 27.9 Å². The minimum atomic E-state index is -0.453. The van der Waals surface area contributed by atoms with Gasteiger partial charge in [0.05, 0.1) is 29.7 Å². The van der Waals surface area contributed by atoms with Gasteiger partial charge in [-0.3, -0.25) is 23.3 Å². The van der Waals surface area contributed by atoms with Crippen molar-refractivity contribution in [3.05, 3.63) is 44.2 Å². The van der Waals surface area contributed by atoms with E-state index in [-0.39, 0.29) is 6.54 Å². The first-order valence-corrected chi connectivity index (χ1v) is 8.77. The van der Waals surface area contributed by atoms with Gasteiger partial charge in [0.15, 0.2) is 5.75 Å². The van der Waals surface area contributed by atoms with Crippen LogP contribution in [0.1, 0.15) is 19.8 Å². The van der Waals surface area contributed by atoms with E-state index in [2.05, 4.69) is 4.98 Å². The van der Waals surface area contributed by atoms with Crippen LogP contribution in [0, 0.1) is 0 Å². The highest BCUT2D eigenvalue weighted by Gasteiger charge is 2.18. The Hall–Kier alpha value is -2.41. The third-order valence-electron chi connectivity index (χ3n) is 4.41. The average Bonchev–Trinajstić information content (AvgIpc) is 2.64. The summed E-state index contributed by atoms with van der Waals surface area (Å²) in [6.07, 6.45) is 2.27. The number of unbranched alkanes of at least 4 members (excludes halogenated alkanes) is 1. The topological polar surface area (TPSA) is 66.1 Å². The second-order valence-electron chi connectivity index (χ2n) is 5.88. The molecule has 0 aliphatic heterocycles. The summed E-state index contributed by atoms with van der Waals surface area (Å²) in [7, 11) is 1.48. The van der Waals surface area contributed by atoms with E-state index in [1.54, 1.807) is 19.1 Å². The highest BCUT2D eigenvalue weighted by atomic mass is 35.5. The zero-order chi connectivity index (χ0) is 18.8. The van der Waals surface area contributed by atoms with E-state index in [0.29, 0.717) is 52.0 Å². The number of halogens is 2. The van der Waals surface area contributed by atoms with Crippen molar-refractivity contribution in [2.45, 2.75) is 32.9 Å². The van der Waals surface area contributed by atoms with Crippen molar-refractivity contribution < 1.29 is 9.13 Å². The lowest BCUT2D eigenvalue weighted by molar-refractivity contribution is 0.419. The number of fused-ring (bicyclic) bond motifs is 3. The van der Waals surface area contributed by atoms with Crippen molar-refractivity contribution in [3.63, 3.8) is 0 Å². The third kappa shape index (κ3) is 2.86. The minimum absolute atomic E-state index is 0.249. The summed E-state index contributed by atoms with van der Waals surface area (Å²) >= 11 is 6.17. The van der Waals surface area contributed by atoms with Gasteiger partial charge in [0.25, 0.3) is 5.56 Å². The lowest BCUT2D eigenvalue weighted by atomic mass is 10.1. The van der Waals surface area contributed by atoms with E-state index < -0.39 is 17.9 Å². The fourth-order valence-electron chi connectivity index (χ4n) is 3.17. The van der Waals surface area contributed by atoms with Gasteiger partial charge in [-0.25, -0.2) is 4.79 Å². The van der Waals surface area contributed by atoms with Crippen molar-refractivity contribution in [2.24, 2.45) is 0 Å². The standard InChI is InChI=1S/C18H19ClFN3O3/c1-3-22-17(24)12-10-21-14-11(6-7-13(19)16(14)26-2)15(12)23(18(22)25)9-5-4-8-20/h6-7,10H,3-5,8-9H2,1-2H3. The van der Waals surface area contributed by atoms with Crippen LogP contribution in [0.2, 0.25) is 5.02 Å². The van der Waals surface area contributed by atoms with Crippen LogP contribution in [0.4, 0.5) is 4.39 Å². The van der Waals surface area contributed by atoms with Gasteiger partial charge in [0.2, 0.25) is 0 Å². The maximum atomic E-state index is 12.8. The maximum absolute atomic E-state index is 12.8. The van der Waals surface area contributed by atoms with Gasteiger partial charge in [-0.15, -0.1) is 0 Å². The Morgan fingerprint density at radius 3 is 2.62 bits per heavy atom. The molecular formula is C18H19ClFN3O3. The molecule has 26 heavy (non-hydrogen) atoms. The van der Waals surface area contributed by atoms with Gasteiger partial charge in [-0.05, 0) is 31.9 Å². The molecule has 0 saturated carbocycles. The number of alkyl halides is 1. The first-order chi connectivity index (χ1) is 12.5. The number of ether oxygens (including phenoxy) is 1. The molecular weight excluding hydrogens is 361 g/mol. The highest BCUT2D eigenvalue weighted by molar-refractivity contribution is 6.33. The molecule has 0 spiro atoms. The second-order valence-corrected chi connectivity index (χ2v) is 6.28. The second kappa shape index (κ2) is 7.45. The van der Waals surface area contributed by atoms with Crippen molar-refractivity contribution in [1.82, 2.24) is 14.1 Å². The Morgan fingerprint density at radius 2 is 1.96 bits per heavy atom. The molecule has 3 rings (SSSR count). The molecule has 2 heterocycles. The number of rotatable bonds is 6. The smallest absolute Gasteiger partial charge is 0.331 e. The molecule has 0 aliphatic rings. The Labute approximate surface area is 153 Å². The number of aryl methyl sites for hydroxylation is 1. The van der Waals surface area contributed by atoms with E-state index in [1.807, 2.05) is 0 Å². The number of hydrogen-bond donors (Lipinski definition) is 0. The molecule has 8 heteroatoms. The van der Waals surface area contributed by atoms with Crippen LogP contribution in [-0.4, -0.2) is 27.9 Å². The minimum Gasteiger partial charge on any atom is -0.493 e. The lowest BCUT2D eigenvalue weighted by Gasteiger charge is -2.15. The molecule has 0 bridgehead atoms. The maximum Gasteiger partial charge on any atom is 0.331 e. The highest BCUT2D eigenvalue weighted by Crippen LogP contribution is 2.34. The van der Waals surface area contributed by atoms with E-state index in [0.717, 1.165) is 0 Å². The number of pyridine rings is 1. The number of hydrogen-bond acceptors (Lipinski definition) is 4. The van der Waals surface area contributed by atoms with Gasteiger partial charge in [-0.1, -0.05) is 11.6 Å². The van der Waals surface area contributed by atoms with Gasteiger partial charge in [0.1, 0.15) is 5.52 Å². The van der Waals surface area contributed by atoms with E-state index >= 15 is 0 Å². The molecule has 0 atom stereocenters. The molecule has 138 valence electrons. The van der Waals surface area contributed by atoms with Gasteiger partial charge in [0, 0.05) is 24.7 Å². The summed E-state index contributed by atoms with van der Waals surface area (Å²) in [6.45, 7) is 1.84. The SMILES string of the molecule is CCn1c(=O)c2cnc3c(OC)c(Cl)ccc3c2n(CCCCF)c1=O. The fraction of sp³-hybridized carbons (Fsp3) is 0.389. The van der Waals surface area contributed by atoms with Gasteiger partial charge < -0.3 is 4.74 Å². The molecule has 1 aromatic carbocycles. The van der Waals surface area contributed by atoms with Crippen LogP contribution in [0.5, 0.6) is 5.75 Å². The molecule has 0 aliphatic carbocycles. The summed E-state index contributed by atoms with van der Waals surface area (Å²) in [4.78, 5) is 29.9. The van der Waals surface area contributed by atoms with Gasteiger partial charge >= 0.3 is 5.69 Å². The van der Waals surface area contributed by atoms with Crippen LogP contribution in [0.25, 0.3) is 21.8 Å². The van der Waals surface area contributed by atoms with Crippen molar-refractivity contribution in [2.75, 3.05) is 13.8 Å². The quantitative estimate of drug-likeness (QED) is 0.487. The first kappa shape index (κ1) is 18.4. The summed E-state index contributed by atoms with van der Waals surface area (Å²) in [5.41, 5.74) is 0.145. The molecule has 0 unspecified atom stereocenters. The Bertz CT molecular complexity index is 1090. The predicted molar refractivity (Wildman–Crippen MR) is 100 cm³/mol. The molecule has 2 aromatic heterocycles. The molecule has 0 saturated heterocycles. The van der Waals surface area contributed by atoms with Crippen molar-refractivity contribution >= 4 is 33.4 Å². The van der Waals surface area contributed by atoms with Gasteiger partial charge in [-0.2, -0.15) is 0 Å².